The topological polar surface area (TPSA) is 350 Å². The smallest absolute Gasteiger partial charge is 0.497 e. The highest BCUT2D eigenvalue weighted by molar-refractivity contribution is 7.22. The molecule has 0 bridgehead atoms. The number of fused-ring (bicyclic) bond motifs is 1. The summed E-state index contributed by atoms with van der Waals surface area (Å²) in [4.78, 5) is 116. The van der Waals surface area contributed by atoms with Crippen molar-refractivity contribution >= 4 is 80.9 Å². The number of rotatable bonds is 41. The van der Waals surface area contributed by atoms with Crippen LogP contribution in [0.5, 0.6) is 28.9 Å². The van der Waals surface area contributed by atoms with Crippen LogP contribution in [0.25, 0.3) is 43.2 Å². The number of nitrogens with one attached hydrogen (secondary N) is 4. The molecular weight excluding hydrogens is 1610 g/mol. The van der Waals surface area contributed by atoms with E-state index in [1.807, 2.05) is 92.8 Å². The Morgan fingerprint density at radius 3 is 2.20 bits per heavy atom. The SMILES string of the molecule is C#CCOC(=O)N[C@@H](CCCCOC(=O)OC(C)(C)C)C(=O)O[C@H](C(=O)O[C@@H](CCCNC(N)=O)C(=O)Nc1ccc(C[N+]2(C)CCN(CCOc3ccc(-c4c(-c5ccc(F)cc5)sc5ncnc(O[C@H](Cc6ccccc6OCc6ccnc(-c7ccccc7OC)n6)C(=O)OCc6ccc(OC)cc6)c45)c(C)c3Cl)CC2)c(CNC)c1)C(C)C. The van der Waals surface area contributed by atoms with E-state index in [9.17, 15) is 38.0 Å². The summed E-state index contributed by atoms with van der Waals surface area (Å²) in [5.74, 6) is 0.358. The largest absolute Gasteiger partial charge is 0.508 e. The van der Waals surface area contributed by atoms with E-state index in [4.69, 9.17) is 90.8 Å². The van der Waals surface area contributed by atoms with Crippen LogP contribution in [0.1, 0.15) is 100 Å². The van der Waals surface area contributed by atoms with Crippen LogP contribution < -0.4 is 50.7 Å². The first-order chi connectivity index (χ1) is 58.6. The number of quaternary nitrogens is 1. The molecule has 9 aromatic rings. The molecule has 646 valence electrons. The number of amides is 4. The molecule has 1 fully saturated rings. The molecule has 122 heavy (non-hydrogen) atoms. The Bertz CT molecular complexity index is 5140. The number of unbranched alkanes of at least 4 members (excludes halogenated alkanes) is 1. The van der Waals surface area contributed by atoms with Crippen molar-refractivity contribution in [2.24, 2.45) is 11.7 Å². The zero-order valence-electron chi connectivity index (χ0n) is 70.0. The number of likely N-dealkylation sites (N-methyl/N-ethyl adjacent to an activating group) is 1. The number of nitrogens with zero attached hydrogens (tertiary/aromatic N) is 6. The summed E-state index contributed by atoms with van der Waals surface area (Å²) in [5.41, 5.74) is 12.2. The Morgan fingerprint density at radius 1 is 0.746 bits per heavy atom. The number of methoxy groups -OCH3 is 2. The van der Waals surface area contributed by atoms with Gasteiger partial charge in [0.1, 0.15) is 78.0 Å². The number of piperazine rings is 1. The first-order valence-electron chi connectivity index (χ1n) is 40.0. The third-order valence-corrected chi connectivity index (χ3v) is 21.6. The monoisotopic (exact) mass is 1710 g/mol. The number of esters is 3. The maximum absolute atomic E-state index is 14.8. The zero-order chi connectivity index (χ0) is 87.5. The minimum atomic E-state index is -1.56. The second-order valence-electron chi connectivity index (χ2n) is 30.6. The van der Waals surface area contributed by atoms with E-state index in [1.165, 1.54) is 29.8 Å². The van der Waals surface area contributed by atoms with Gasteiger partial charge in [-0.05, 0) is 167 Å². The number of nitrogens with two attached hydrogens (primary N) is 1. The Morgan fingerprint density at radius 2 is 1.49 bits per heavy atom. The number of alkyl carbamates (subject to hydrolysis) is 1. The van der Waals surface area contributed by atoms with Crippen molar-refractivity contribution in [1.82, 2.24) is 40.8 Å². The van der Waals surface area contributed by atoms with Crippen LogP contribution in [0, 0.1) is 31.0 Å². The highest BCUT2D eigenvalue weighted by Crippen LogP contribution is 2.50. The molecule has 4 atom stereocenters. The zero-order valence-corrected chi connectivity index (χ0v) is 71.6. The molecule has 0 unspecified atom stereocenters. The molecule has 6 N–H and O–H groups in total. The maximum atomic E-state index is 14.8. The molecule has 1 aliphatic heterocycles. The first-order valence-corrected chi connectivity index (χ1v) is 41.2. The normalized spacial score (nSPS) is 13.5. The number of ether oxygens (including phenoxy) is 11. The number of primary amides is 1. The van der Waals surface area contributed by atoms with E-state index in [0.717, 1.165) is 37.3 Å². The Balaban J connectivity index is 0.803. The fourth-order valence-corrected chi connectivity index (χ4v) is 14.9. The summed E-state index contributed by atoms with van der Waals surface area (Å²) >= 11 is 8.74. The lowest BCUT2D eigenvalue weighted by molar-refractivity contribution is -0.926. The van der Waals surface area contributed by atoms with Crippen LogP contribution in [-0.2, 0) is 80.3 Å². The van der Waals surface area contributed by atoms with Gasteiger partial charge in [0.05, 0.1) is 62.6 Å². The summed E-state index contributed by atoms with van der Waals surface area (Å²) < 4.78 is 79.3. The van der Waals surface area contributed by atoms with E-state index >= 15 is 0 Å². The van der Waals surface area contributed by atoms with Gasteiger partial charge in [-0.25, -0.2) is 53.1 Å². The van der Waals surface area contributed by atoms with Gasteiger partial charge in [0.25, 0.3) is 5.91 Å². The molecule has 0 saturated carbocycles. The van der Waals surface area contributed by atoms with E-state index in [1.54, 1.807) is 97.5 Å². The molecule has 0 radical (unpaired) electrons. The predicted molar refractivity (Wildman–Crippen MR) is 458 cm³/mol. The van der Waals surface area contributed by atoms with Gasteiger partial charge < -0.3 is 83.6 Å². The van der Waals surface area contributed by atoms with Gasteiger partial charge in [0, 0.05) is 73.0 Å². The number of urea groups is 1. The summed E-state index contributed by atoms with van der Waals surface area (Å²) in [6.07, 6.45) is 2.63. The van der Waals surface area contributed by atoms with Crippen LogP contribution in [0.3, 0.4) is 0 Å². The summed E-state index contributed by atoms with van der Waals surface area (Å²) in [6, 6.07) is 37.1. The van der Waals surface area contributed by atoms with Crippen molar-refractivity contribution in [2.45, 2.75) is 136 Å². The molecule has 4 amide bonds. The molecule has 4 heterocycles. The first kappa shape index (κ1) is 92.1. The summed E-state index contributed by atoms with van der Waals surface area (Å²) in [7, 11) is 7.19. The summed E-state index contributed by atoms with van der Waals surface area (Å²) in [5, 5.41) is 11.9. The fraction of sp³-hybridized carbons (Fsp3) is 0.389. The molecule has 0 aliphatic carbocycles. The molecule has 10 rings (SSSR count). The molecule has 0 spiro atoms. The van der Waals surface area contributed by atoms with Gasteiger partial charge in [0.2, 0.25) is 18.1 Å². The third-order valence-electron chi connectivity index (χ3n) is 20.0. The highest BCUT2D eigenvalue weighted by atomic mass is 35.5. The molecular formula is C90H104ClFN11O18S+. The van der Waals surface area contributed by atoms with Gasteiger partial charge >= 0.3 is 36.2 Å². The number of para-hydroxylation sites is 2. The average Bonchev–Trinajstić information content (AvgIpc) is 1.58. The van der Waals surface area contributed by atoms with Gasteiger partial charge in [-0.3, -0.25) is 9.69 Å². The highest BCUT2D eigenvalue weighted by Gasteiger charge is 2.37. The molecule has 6 aromatic carbocycles. The minimum absolute atomic E-state index is 0.0269. The van der Waals surface area contributed by atoms with Crippen LogP contribution in [0.15, 0.2) is 146 Å². The quantitative estimate of drug-likeness (QED) is 0.00781. The third kappa shape index (κ3) is 26.4. The second kappa shape index (κ2) is 44.4. The number of benzene rings is 6. The predicted octanol–water partition coefficient (Wildman–Crippen LogP) is 13.7. The van der Waals surface area contributed by atoms with E-state index in [0.29, 0.717) is 130 Å². The second-order valence-corrected chi connectivity index (χ2v) is 32.0. The number of aromatic nitrogens is 4. The molecule has 32 heteroatoms. The minimum Gasteiger partial charge on any atom is -0.497 e. The Labute approximate surface area is 717 Å². The van der Waals surface area contributed by atoms with E-state index in [2.05, 4.69) is 44.1 Å². The van der Waals surface area contributed by atoms with Crippen molar-refractivity contribution in [3.63, 3.8) is 0 Å². The number of carbonyl (C=O) groups is 7. The molecule has 1 saturated heterocycles. The van der Waals surface area contributed by atoms with Gasteiger partial charge in [-0.15, -0.1) is 17.8 Å². The number of terminal acetylenes is 1. The number of halogens is 2. The standard InChI is InChI=1S/C90H103ClFN11O18S/c1-12-46-114-88(109)101-69(22-17-18-47-115-89(110)121-90(5,6)7)84(105)120-78(56(2)3)86(107)119-73(25-19-39-96-87(93)108)81(104)100-64-33-30-61(62(49-64)51-94-8)52-103(9)44-41-102(42-45-103)43-48-113-72-37-36-67(57(4)77(72)91)75-76-82(97-55-98-83(76)122-79(75)59-28-31-63(92)32-29-59)118-74(85(106)117-53-58-26-34-66(111-10)35-27-58)50-60-20-13-15-23-70(60)116-54-65-38-40-95-80(99-65)68-21-14-16-24-71(68)112-11/h1,13-16,20-21,23-24,26-38,40,49,55-56,69,73-74,78,94H,17-19,22,25,39,41-48,50-54H2,2-11H3,(H4-,93,96,100,101,104,108,109)/p+1/t69-,73-,74+,78-/m0/s1. The van der Waals surface area contributed by atoms with Crippen molar-refractivity contribution in [2.75, 3.05) is 92.7 Å². The average molecular weight is 1710 g/mol. The Hall–Kier alpha value is -12.2. The van der Waals surface area contributed by atoms with E-state index in [-0.39, 0.29) is 70.8 Å². The Kier molecular flexibility index (Phi) is 33.5. The number of hydrogen-bond donors (Lipinski definition) is 5. The van der Waals surface area contributed by atoms with Crippen LogP contribution in [0.4, 0.5) is 24.5 Å². The van der Waals surface area contributed by atoms with Crippen molar-refractivity contribution in [1.29, 1.82) is 0 Å². The molecule has 29 nitrogen and oxygen atoms in total. The van der Waals surface area contributed by atoms with Crippen molar-refractivity contribution in [3.05, 3.63) is 190 Å². The van der Waals surface area contributed by atoms with Crippen LogP contribution >= 0.6 is 22.9 Å². The fourth-order valence-electron chi connectivity index (χ4n) is 13.5. The van der Waals surface area contributed by atoms with Gasteiger partial charge in [-0.1, -0.05) is 98.1 Å². The van der Waals surface area contributed by atoms with E-state index < -0.39 is 90.4 Å². The number of anilines is 1. The van der Waals surface area contributed by atoms with Crippen molar-refractivity contribution in [3.8, 4) is 74.2 Å². The van der Waals surface area contributed by atoms with Crippen LogP contribution in [-0.4, -0.2) is 189 Å². The molecule has 3 aromatic heterocycles. The number of thiophene rings is 1. The van der Waals surface area contributed by atoms with Crippen LogP contribution in [0.2, 0.25) is 5.02 Å². The van der Waals surface area contributed by atoms with Gasteiger partial charge in [-0.2, -0.15) is 0 Å². The lowest BCUT2D eigenvalue weighted by Gasteiger charge is -2.42. The summed E-state index contributed by atoms with van der Waals surface area (Å²) in [6.45, 7) is 14.9. The lowest BCUT2D eigenvalue weighted by atomic mass is 9.96. The number of carbonyl (C=O) groups excluding carboxylic acids is 7. The van der Waals surface area contributed by atoms with Gasteiger partial charge in [0.15, 0.2) is 18.5 Å². The molecule has 1 aliphatic rings. The maximum Gasteiger partial charge on any atom is 0.508 e. The van der Waals surface area contributed by atoms with Crippen molar-refractivity contribution < 1.29 is 94.5 Å². The number of hydrogen-bond acceptors (Lipinski definition) is 25. The lowest BCUT2D eigenvalue weighted by Crippen LogP contribution is -2.57.